The summed E-state index contributed by atoms with van der Waals surface area (Å²) >= 11 is 0. The number of rotatable bonds is 0. The molecule has 68 valence electrons. The average Bonchev–Trinajstić information content (AvgIpc) is 2.65. The Hall–Kier alpha value is -1.83. The maximum atomic E-state index is 11.1. The van der Waals surface area contributed by atoms with Gasteiger partial charge >= 0.3 is 5.63 Å². The van der Waals surface area contributed by atoms with Crippen LogP contribution in [0.5, 0.6) is 0 Å². The zero-order chi connectivity index (χ0) is 9.54. The summed E-state index contributed by atoms with van der Waals surface area (Å²) in [5.74, 6) is 0. The Morgan fingerprint density at radius 2 is 2.00 bits per heavy atom. The highest BCUT2D eigenvalue weighted by atomic mass is 16.4. The van der Waals surface area contributed by atoms with Crippen LogP contribution in [-0.2, 0) is 6.42 Å². The SMILES string of the molecule is O=c1ccc2ccc3c(c2o1)C=CC3. The van der Waals surface area contributed by atoms with Crippen LogP contribution in [0.25, 0.3) is 17.0 Å². The fourth-order valence-electron chi connectivity index (χ4n) is 1.86. The lowest BCUT2D eigenvalue weighted by atomic mass is 10.1. The topological polar surface area (TPSA) is 30.2 Å². The Kier molecular flexibility index (Phi) is 1.39. The second kappa shape index (κ2) is 2.58. The van der Waals surface area contributed by atoms with Gasteiger partial charge in [-0.3, -0.25) is 0 Å². The Morgan fingerprint density at radius 1 is 1.14 bits per heavy atom. The van der Waals surface area contributed by atoms with E-state index in [1.54, 1.807) is 6.07 Å². The fraction of sp³-hybridized carbons (Fsp3) is 0.0833. The first-order chi connectivity index (χ1) is 6.84. The molecule has 1 aromatic heterocycles. The monoisotopic (exact) mass is 184 g/mol. The zero-order valence-electron chi connectivity index (χ0n) is 7.49. The van der Waals surface area contributed by atoms with Crippen molar-refractivity contribution in [1.29, 1.82) is 0 Å². The maximum absolute atomic E-state index is 11.1. The molecule has 0 aliphatic heterocycles. The molecular formula is C12H8O2. The first-order valence-electron chi connectivity index (χ1n) is 4.57. The van der Waals surface area contributed by atoms with E-state index in [1.807, 2.05) is 12.1 Å². The van der Waals surface area contributed by atoms with Crippen LogP contribution in [0.4, 0.5) is 0 Å². The van der Waals surface area contributed by atoms with Gasteiger partial charge < -0.3 is 4.42 Å². The summed E-state index contributed by atoms with van der Waals surface area (Å²) in [7, 11) is 0. The van der Waals surface area contributed by atoms with Crippen LogP contribution in [0.15, 0.2) is 39.6 Å². The lowest BCUT2D eigenvalue weighted by Crippen LogP contribution is -1.96. The molecule has 0 spiro atoms. The Balaban J connectivity index is 2.52. The van der Waals surface area contributed by atoms with E-state index in [1.165, 1.54) is 11.6 Å². The van der Waals surface area contributed by atoms with E-state index >= 15 is 0 Å². The minimum Gasteiger partial charge on any atom is -0.422 e. The highest BCUT2D eigenvalue weighted by Crippen LogP contribution is 2.27. The molecule has 0 fully saturated rings. The zero-order valence-corrected chi connectivity index (χ0v) is 7.49. The van der Waals surface area contributed by atoms with Gasteiger partial charge in [0.15, 0.2) is 0 Å². The first kappa shape index (κ1) is 7.56. The second-order valence-electron chi connectivity index (χ2n) is 3.42. The van der Waals surface area contributed by atoms with Gasteiger partial charge in [0.1, 0.15) is 5.58 Å². The first-order valence-corrected chi connectivity index (χ1v) is 4.57. The summed E-state index contributed by atoms with van der Waals surface area (Å²) < 4.78 is 5.20. The number of allylic oxidation sites excluding steroid dienone is 1. The molecule has 1 aliphatic carbocycles. The molecule has 0 atom stereocenters. The van der Waals surface area contributed by atoms with Crippen LogP contribution >= 0.6 is 0 Å². The lowest BCUT2D eigenvalue weighted by molar-refractivity contribution is 0.560. The Bertz CT molecular complexity index is 591. The predicted molar refractivity (Wildman–Crippen MR) is 55.2 cm³/mol. The van der Waals surface area contributed by atoms with Crippen molar-refractivity contribution in [2.24, 2.45) is 0 Å². The van der Waals surface area contributed by atoms with Gasteiger partial charge in [-0.1, -0.05) is 24.3 Å². The van der Waals surface area contributed by atoms with Crippen molar-refractivity contribution in [2.45, 2.75) is 6.42 Å². The van der Waals surface area contributed by atoms with Gasteiger partial charge in [-0.25, -0.2) is 4.79 Å². The molecule has 3 rings (SSSR count). The molecule has 2 heteroatoms. The molecule has 0 radical (unpaired) electrons. The summed E-state index contributed by atoms with van der Waals surface area (Å²) in [4.78, 5) is 11.1. The van der Waals surface area contributed by atoms with Gasteiger partial charge in [-0.15, -0.1) is 0 Å². The quantitative estimate of drug-likeness (QED) is 0.588. The van der Waals surface area contributed by atoms with Crippen LogP contribution in [0, 0.1) is 0 Å². The lowest BCUT2D eigenvalue weighted by Gasteiger charge is -2.01. The highest BCUT2D eigenvalue weighted by molar-refractivity contribution is 5.88. The number of hydrogen-bond acceptors (Lipinski definition) is 2. The van der Waals surface area contributed by atoms with Crippen molar-refractivity contribution in [3.05, 3.63) is 51.9 Å². The molecule has 2 nitrogen and oxygen atoms in total. The van der Waals surface area contributed by atoms with Gasteiger partial charge in [0.2, 0.25) is 0 Å². The third-order valence-corrected chi connectivity index (χ3v) is 2.54. The van der Waals surface area contributed by atoms with Gasteiger partial charge in [0, 0.05) is 17.0 Å². The van der Waals surface area contributed by atoms with E-state index in [9.17, 15) is 4.79 Å². The third kappa shape index (κ3) is 0.940. The number of fused-ring (bicyclic) bond motifs is 3. The molecule has 0 N–H and O–H groups in total. The minimum atomic E-state index is -0.286. The summed E-state index contributed by atoms with van der Waals surface area (Å²) in [5.41, 5.74) is 2.71. The van der Waals surface area contributed by atoms with Crippen molar-refractivity contribution in [2.75, 3.05) is 0 Å². The van der Waals surface area contributed by atoms with Gasteiger partial charge in [0.25, 0.3) is 0 Å². The van der Waals surface area contributed by atoms with Crippen LogP contribution in [0.1, 0.15) is 11.1 Å². The van der Waals surface area contributed by atoms with E-state index in [2.05, 4.69) is 12.1 Å². The van der Waals surface area contributed by atoms with E-state index in [0.29, 0.717) is 5.58 Å². The Morgan fingerprint density at radius 3 is 2.93 bits per heavy atom. The molecule has 1 aromatic carbocycles. The fourth-order valence-corrected chi connectivity index (χ4v) is 1.86. The molecule has 1 aliphatic rings. The molecule has 0 unspecified atom stereocenters. The molecule has 0 saturated heterocycles. The van der Waals surface area contributed by atoms with Gasteiger partial charge in [-0.2, -0.15) is 0 Å². The van der Waals surface area contributed by atoms with Crippen LogP contribution in [0.3, 0.4) is 0 Å². The summed E-state index contributed by atoms with van der Waals surface area (Å²) in [6, 6.07) is 7.32. The highest BCUT2D eigenvalue weighted by Gasteiger charge is 2.10. The molecular weight excluding hydrogens is 176 g/mol. The summed E-state index contributed by atoms with van der Waals surface area (Å²) in [6.07, 6.45) is 5.03. The van der Waals surface area contributed by atoms with E-state index < -0.39 is 0 Å². The smallest absolute Gasteiger partial charge is 0.336 e. The van der Waals surface area contributed by atoms with Crippen LogP contribution in [0.2, 0.25) is 0 Å². The average molecular weight is 184 g/mol. The van der Waals surface area contributed by atoms with Crippen molar-refractivity contribution in [1.82, 2.24) is 0 Å². The molecule has 0 saturated carbocycles. The Labute approximate surface area is 80.5 Å². The predicted octanol–water partition coefficient (Wildman–Crippen LogP) is 2.36. The van der Waals surface area contributed by atoms with Crippen molar-refractivity contribution in [3.63, 3.8) is 0 Å². The minimum absolute atomic E-state index is 0.286. The normalized spacial score (nSPS) is 13.4. The van der Waals surface area contributed by atoms with Crippen molar-refractivity contribution < 1.29 is 4.42 Å². The number of hydrogen-bond donors (Lipinski definition) is 0. The van der Waals surface area contributed by atoms with Crippen LogP contribution in [-0.4, -0.2) is 0 Å². The van der Waals surface area contributed by atoms with E-state index in [-0.39, 0.29) is 5.63 Å². The molecule has 0 amide bonds. The van der Waals surface area contributed by atoms with Crippen LogP contribution < -0.4 is 5.63 Å². The standard InChI is InChI=1S/C12H8O2/c13-11-7-6-9-5-4-8-2-1-3-10(8)12(9)14-11/h1,3-7H,2H2. The second-order valence-corrected chi connectivity index (χ2v) is 3.42. The number of benzene rings is 1. The molecule has 1 heterocycles. The molecule has 14 heavy (non-hydrogen) atoms. The van der Waals surface area contributed by atoms with Gasteiger partial charge in [0.05, 0.1) is 0 Å². The molecule has 0 bridgehead atoms. The third-order valence-electron chi connectivity index (χ3n) is 2.54. The largest absolute Gasteiger partial charge is 0.422 e. The van der Waals surface area contributed by atoms with E-state index in [4.69, 9.17) is 4.42 Å². The summed E-state index contributed by atoms with van der Waals surface area (Å²) in [5, 5.41) is 0.981. The maximum Gasteiger partial charge on any atom is 0.336 e. The van der Waals surface area contributed by atoms with Crippen molar-refractivity contribution >= 4 is 17.0 Å². The van der Waals surface area contributed by atoms with Gasteiger partial charge in [-0.05, 0) is 18.1 Å². The van der Waals surface area contributed by atoms with E-state index in [0.717, 1.165) is 17.4 Å². The van der Waals surface area contributed by atoms with Crippen molar-refractivity contribution in [3.8, 4) is 0 Å². The molecule has 2 aromatic rings. The summed E-state index contributed by atoms with van der Waals surface area (Å²) in [6.45, 7) is 0.